The number of methoxy groups -OCH3 is 1. The number of rotatable bonds is 5. The van der Waals surface area contributed by atoms with Crippen molar-refractivity contribution in [2.24, 2.45) is 5.41 Å². The highest BCUT2D eigenvalue weighted by atomic mass is 16.5. The lowest BCUT2D eigenvalue weighted by Gasteiger charge is -2.12. The third-order valence-electron chi connectivity index (χ3n) is 2.54. The molecule has 4 heteroatoms. The fraction of sp³-hybridized carbons (Fsp3) is 0.636. The van der Waals surface area contributed by atoms with E-state index in [0.717, 1.165) is 6.42 Å². The molecule has 0 unspecified atom stereocenters. The van der Waals surface area contributed by atoms with Gasteiger partial charge in [0, 0.05) is 13.0 Å². The van der Waals surface area contributed by atoms with Gasteiger partial charge in [0.15, 0.2) is 0 Å². The van der Waals surface area contributed by atoms with Crippen LogP contribution in [0, 0.1) is 17.8 Å². The van der Waals surface area contributed by atoms with Gasteiger partial charge in [-0.3, -0.25) is 9.59 Å². The number of amides is 1. The molecule has 0 aromatic heterocycles. The molecular weight excluding hydrogens is 194 g/mol. The maximum atomic E-state index is 11.6. The van der Waals surface area contributed by atoms with E-state index < -0.39 is 11.4 Å². The van der Waals surface area contributed by atoms with Crippen molar-refractivity contribution in [1.82, 2.24) is 5.32 Å². The maximum Gasteiger partial charge on any atom is 0.321 e. The normalized spacial score (nSPS) is 16.3. The summed E-state index contributed by atoms with van der Waals surface area (Å²) < 4.78 is 4.59. The Kier molecular flexibility index (Phi) is 3.73. The Morgan fingerprint density at radius 2 is 2.20 bits per heavy atom. The number of nitrogens with one attached hydrogen (secondary N) is 1. The molecule has 0 spiro atoms. The van der Waals surface area contributed by atoms with Gasteiger partial charge in [0.25, 0.3) is 0 Å². The van der Waals surface area contributed by atoms with Crippen molar-refractivity contribution < 1.29 is 14.3 Å². The van der Waals surface area contributed by atoms with Gasteiger partial charge in [0.05, 0.1) is 7.11 Å². The highest BCUT2D eigenvalue weighted by Crippen LogP contribution is 2.46. The van der Waals surface area contributed by atoms with E-state index >= 15 is 0 Å². The van der Waals surface area contributed by atoms with Gasteiger partial charge >= 0.3 is 5.97 Å². The van der Waals surface area contributed by atoms with E-state index in [1.54, 1.807) is 0 Å². The summed E-state index contributed by atoms with van der Waals surface area (Å²) >= 11 is 0. The van der Waals surface area contributed by atoms with E-state index in [1.807, 2.05) is 0 Å². The molecule has 15 heavy (non-hydrogen) atoms. The van der Waals surface area contributed by atoms with Gasteiger partial charge in [0.2, 0.25) is 5.91 Å². The van der Waals surface area contributed by atoms with Gasteiger partial charge in [-0.25, -0.2) is 0 Å². The number of terminal acetylenes is 1. The quantitative estimate of drug-likeness (QED) is 0.310. The van der Waals surface area contributed by atoms with Crippen LogP contribution >= 0.6 is 0 Å². The molecule has 1 aliphatic rings. The van der Waals surface area contributed by atoms with Gasteiger partial charge in [-0.15, -0.1) is 12.3 Å². The smallest absolute Gasteiger partial charge is 0.321 e. The largest absolute Gasteiger partial charge is 0.468 e. The lowest BCUT2D eigenvalue weighted by Crippen LogP contribution is -2.38. The summed E-state index contributed by atoms with van der Waals surface area (Å²) in [4.78, 5) is 22.9. The number of hydrogen-bond donors (Lipinski definition) is 1. The van der Waals surface area contributed by atoms with E-state index in [2.05, 4.69) is 16.0 Å². The number of unbranched alkanes of at least 4 members (excludes halogenated alkanes) is 1. The van der Waals surface area contributed by atoms with Crippen LogP contribution in [0.15, 0.2) is 0 Å². The molecule has 0 aliphatic heterocycles. The summed E-state index contributed by atoms with van der Waals surface area (Å²) in [5, 5.41) is 2.70. The van der Waals surface area contributed by atoms with Crippen molar-refractivity contribution in [3.63, 3.8) is 0 Å². The molecule has 0 aromatic carbocycles. The number of carbonyl (C=O) groups excluding carboxylic acids is 2. The first-order valence-electron chi connectivity index (χ1n) is 4.97. The second kappa shape index (κ2) is 4.83. The van der Waals surface area contributed by atoms with Crippen LogP contribution in [-0.4, -0.2) is 25.5 Å². The Hall–Kier alpha value is -1.50. The van der Waals surface area contributed by atoms with E-state index in [0.29, 0.717) is 25.8 Å². The summed E-state index contributed by atoms with van der Waals surface area (Å²) in [6.07, 6.45) is 7.61. The van der Waals surface area contributed by atoms with Crippen LogP contribution in [0.4, 0.5) is 0 Å². The summed E-state index contributed by atoms with van der Waals surface area (Å²) in [6, 6.07) is 0. The average Bonchev–Trinajstić information content (AvgIpc) is 3.04. The van der Waals surface area contributed by atoms with Gasteiger partial charge in [0.1, 0.15) is 5.41 Å². The fourth-order valence-electron chi connectivity index (χ4n) is 1.41. The third kappa shape index (κ3) is 2.50. The van der Waals surface area contributed by atoms with Gasteiger partial charge in [-0.2, -0.15) is 0 Å². The van der Waals surface area contributed by atoms with Crippen LogP contribution in [-0.2, 0) is 14.3 Å². The number of esters is 1. The molecule has 1 N–H and O–H groups in total. The molecule has 0 bridgehead atoms. The van der Waals surface area contributed by atoms with E-state index in [-0.39, 0.29) is 5.91 Å². The van der Waals surface area contributed by atoms with Gasteiger partial charge in [-0.05, 0) is 19.3 Å². The number of hydrogen-bond acceptors (Lipinski definition) is 3. The predicted octanol–water partition coefficient (Wildman–Crippen LogP) is 0.469. The molecule has 1 saturated carbocycles. The highest BCUT2D eigenvalue weighted by molar-refractivity contribution is 6.05. The fourth-order valence-corrected chi connectivity index (χ4v) is 1.41. The first-order chi connectivity index (χ1) is 7.17. The molecule has 1 aliphatic carbocycles. The van der Waals surface area contributed by atoms with Crippen LogP contribution in [0.25, 0.3) is 0 Å². The first-order valence-corrected chi connectivity index (χ1v) is 4.97. The second-order valence-electron chi connectivity index (χ2n) is 3.64. The molecule has 1 rings (SSSR count). The van der Waals surface area contributed by atoms with Crippen LogP contribution in [0.1, 0.15) is 25.7 Å². The molecule has 1 amide bonds. The Morgan fingerprint density at radius 1 is 1.53 bits per heavy atom. The minimum Gasteiger partial charge on any atom is -0.468 e. The predicted molar refractivity (Wildman–Crippen MR) is 54.8 cm³/mol. The Labute approximate surface area is 89.4 Å². The Bertz CT molecular complexity index is 299. The van der Waals surface area contributed by atoms with Gasteiger partial charge in [-0.1, -0.05) is 0 Å². The topological polar surface area (TPSA) is 55.4 Å². The zero-order valence-electron chi connectivity index (χ0n) is 8.84. The van der Waals surface area contributed by atoms with Crippen LogP contribution < -0.4 is 5.32 Å². The number of carbonyl (C=O) groups is 2. The average molecular weight is 209 g/mol. The highest BCUT2D eigenvalue weighted by Gasteiger charge is 2.57. The van der Waals surface area contributed by atoms with Crippen molar-refractivity contribution >= 4 is 11.9 Å². The summed E-state index contributed by atoms with van der Waals surface area (Å²) in [5.74, 6) is 1.82. The van der Waals surface area contributed by atoms with Crippen LogP contribution in [0.3, 0.4) is 0 Å². The van der Waals surface area contributed by atoms with Crippen molar-refractivity contribution in [1.29, 1.82) is 0 Å². The second-order valence-corrected chi connectivity index (χ2v) is 3.64. The SMILES string of the molecule is C#CCCCNC(=O)C1(C(=O)OC)CC1. The zero-order chi connectivity index (χ0) is 11.3. The first kappa shape index (κ1) is 11.6. The van der Waals surface area contributed by atoms with Crippen molar-refractivity contribution in [3.05, 3.63) is 0 Å². The van der Waals surface area contributed by atoms with Crippen LogP contribution in [0.2, 0.25) is 0 Å². The van der Waals surface area contributed by atoms with Crippen molar-refractivity contribution in [3.8, 4) is 12.3 Å². The molecule has 0 atom stereocenters. The maximum absolute atomic E-state index is 11.6. The minimum atomic E-state index is -0.898. The zero-order valence-corrected chi connectivity index (χ0v) is 8.84. The Morgan fingerprint density at radius 3 is 2.67 bits per heavy atom. The van der Waals surface area contributed by atoms with E-state index in [1.165, 1.54) is 7.11 Å². The molecule has 0 aromatic rings. The summed E-state index contributed by atoms with van der Waals surface area (Å²) in [7, 11) is 1.30. The minimum absolute atomic E-state index is 0.230. The molecule has 0 heterocycles. The Balaban J connectivity index is 2.35. The molecule has 0 radical (unpaired) electrons. The van der Waals surface area contributed by atoms with Crippen LogP contribution in [0.5, 0.6) is 0 Å². The summed E-state index contributed by atoms with van der Waals surface area (Å²) in [5.41, 5.74) is -0.898. The van der Waals surface area contributed by atoms with Gasteiger partial charge < -0.3 is 10.1 Å². The molecule has 82 valence electrons. The lowest BCUT2D eigenvalue weighted by molar-refractivity contribution is -0.152. The van der Waals surface area contributed by atoms with Crippen molar-refractivity contribution in [2.75, 3.05) is 13.7 Å². The monoisotopic (exact) mass is 209 g/mol. The number of ether oxygens (including phenoxy) is 1. The lowest BCUT2D eigenvalue weighted by atomic mass is 10.1. The molecule has 0 saturated heterocycles. The van der Waals surface area contributed by atoms with Crippen molar-refractivity contribution in [2.45, 2.75) is 25.7 Å². The standard InChI is InChI=1S/C11H15NO3/c1-3-4-5-8-12-9(13)11(6-7-11)10(14)15-2/h1H,4-8H2,2H3,(H,12,13). The van der Waals surface area contributed by atoms with E-state index in [9.17, 15) is 9.59 Å². The molecule has 4 nitrogen and oxygen atoms in total. The molecule has 1 fully saturated rings. The third-order valence-corrected chi connectivity index (χ3v) is 2.54. The molecular formula is C11H15NO3. The van der Waals surface area contributed by atoms with E-state index in [4.69, 9.17) is 6.42 Å². The summed E-state index contributed by atoms with van der Waals surface area (Å²) in [6.45, 7) is 0.516.